The third-order valence-corrected chi connectivity index (χ3v) is 3.17. The molecular formula is C7H13N2OP. The van der Waals surface area contributed by atoms with Crippen molar-refractivity contribution in [3.8, 4) is 0 Å². The van der Waals surface area contributed by atoms with E-state index < -0.39 is 7.14 Å². The molecule has 0 fully saturated rings. The number of hydrogen-bond acceptors (Lipinski definition) is 2. The zero-order valence-electron chi connectivity index (χ0n) is 7.33. The highest BCUT2D eigenvalue weighted by molar-refractivity contribution is 7.70. The van der Waals surface area contributed by atoms with E-state index in [1.807, 2.05) is 20.2 Å². The molecule has 3 nitrogen and oxygen atoms in total. The first-order valence-electron chi connectivity index (χ1n) is 3.47. The molecule has 0 saturated heterocycles. The minimum Gasteiger partial charge on any atom is -0.319 e. The highest BCUT2D eigenvalue weighted by Gasteiger charge is 2.16. The van der Waals surface area contributed by atoms with Crippen LogP contribution in [0.4, 0.5) is 0 Å². The van der Waals surface area contributed by atoms with Gasteiger partial charge in [0.05, 0.1) is 11.0 Å². The van der Waals surface area contributed by atoms with Gasteiger partial charge in [-0.1, -0.05) is 0 Å². The zero-order valence-corrected chi connectivity index (χ0v) is 8.22. The normalized spacial score (nSPS) is 12.0. The van der Waals surface area contributed by atoms with Crippen LogP contribution in [-0.2, 0) is 11.6 Å². The highest BCUT2D eigenvalue weighted by atomic mass is 31.2. The average molecular weight is 172 g/mol. The smallest absolute Gasteiger partial charge is 0.113 e. The molecule has 0 saturated carbocycles. The lowest BCUT2D eigenvalue weighted by molar-refractivity contribution is 0.588. The van der Waals surface area contributed by atoms with E-state index in [1.54, 1.807) is 18.0 Å². The predicted octanol–water partition coefficient (Wildman–Crippen LogP) is 0.977. The number of nitrogens with zero attached hydrogens (tertiary/aromatic N) is 2. The van der Waals surface area contributed by atoms with Gasteiger partial charge in [-0.2, -0.15) is 5.10 Å². The Labute approximate surface area is 66.8 Å². The quantitative estimate of drug-likeness (QED) is 0.592. The molecule has 0 aliphatic rings. The van der Waals surface area contributed by atoms with Crippen LogP contribution < -0.4 is 5.30 Å². The molecule has 11 heavy (non-hydrogen) atoms. The van der Waals surface area contributed by atoms with Crippen molar-refractivity contribution in [3.05, 3.63) is 11.9 Å². The minimum absolute atomic E-state index is 0.876. The summed E-state index contributed by atoms with van der Waals surface area (Å²) in [4.78, 5) is 0. The summed E-state index contributed by atoms with van der Waals surface area (Å²) < 4.78 is 13.3. The van der Waals surface area contributed by atoms with Gasteiger partial charge in [0.25, 0.3) is 0 Å². The van der Waals surface area contributed by atoms with Gasteiger partial charge in [-0.15, -0.1) is 0 Å². The molecule has 0 unspecified atom stereocenters. The van der Waals surface area contributed by atoms with Crippen LogP contribution in [0.1, 0.15) is 5.69 Å². The summed E-state index contributed by atoms with van der Waals surface area (Å²) >= 11 is 0. The maximum atomic E-state index is 11.6. The molecule has 1 rings (SSSR count). The number of rotatable bonds is 1. The van der Waals surface area contributed by atoms with Crippen molar-refractivity contribution in [1.82, 2.24) is 9.78 Å². The van der Waals surface area contributed by atoms with Crippen molar-refractivity contribution in [1.29, 1.82) is 0 Å². The number of hydrogen-bond donors (Lipinski definition) is 0. The fourth-order valence-corrected chi connectivity index (χ4v) is 2.39. The lowest BCUT2D eigenvalue weighted by Crippen LogP contribution is -2.03. The Morgan fingerprint density at radius 3 is 2.27 bits per heavy atom. The fourth-order valence-electron chi connectivity index (χ4n) is 1.12. The Balaban J connectivity index is 3.24. The van der Waals surface area contributed by atoms with Crippen LogP contribution in [0.15, 0.2) is 6.20 Å². The summed E-state index contributed by atoms with van der Waals surface area (Å²) in [6.45, 7) is 5.41. The molecule has 0 radical (unpaired) electrons. The van der Waals surface area contributed by atoms with Crippen LogP contribution in [0.5, 0.6) is 0 Å². The first kappa shape index (κ1) is 8.54. The Hall–Kier alpha value is -0.560. The lowest BCUT2D eigenvalue weighted by atomic mass is 10.5. The molecule has 0 amide bonds. The van der Waals surface area contributed by atoms with Crippen molar-refractivity contribution in [3.63, 3.8) is 0 Å². The van der Waals surface area contributed by atoms with E-state index in [0.717, 1.165) is 11.0 Å². The molecule has 0 bridgehead atoms. The molecule has 0 atom stereocenters. The summed E-state index contributed by atoms with van der Waals surface area (Å²) in [5, 5.41) is 5.01. The van der Waals surface area contributed by atoms with Crippen LogP contribution in [0, 0.1) is 6.92 Å². The van der Waals surface area contributed by atoms with Gasteiger partial charge in [-0.3, -0.25) is 4.68 Å². The van der Waals surface area contributed by atoms with E-state index in [0.29, 0.717) is 0 Å². The SMILES string of the molecule is Cc1nn(C)cc1P(C)(C)=O. The second kappa shape index (κ2) is 2.49. The van der Waals surface area contributed by atoms with Gasteiger partial charge < -0.3 is 4.57 Å². The van der Waals surface area contributed by atoms with Crippen LogP contribution in [0.3, 0.4) is 0 Å². The molecule has 0 aliphatic carbocycles. The lowest BCUT2D eigenvalue weighted by Gasteiger charge is -2.02. The Bertz CT molecular complexity index is 310. The molecule has 0 spiro atoms. The van der Waals surface area contributed by atoms with E-state index in [2.05, 4.69) is 5.10 Å². The van der Waals surface area contributed by atoms with E-state index in [-0.39, 0.29) is 0 Å². The molecule has 0 aliphatic heterocycles. The third kappa shape index (κ3) is 1.72. The summed E-state index contributed by atoms with van der Waals surface area (Å²) in [7, 11) is -0.279. The number of aromatic nitrogens is 2. The van der Waals surface area contributed by atoms with Gasteiger partial charge in [0.1, 0.15) is 7.14 Å². The Morgan fingerprint density at radius 2 is 2.09 bits per heavy atom. The molecule has 1 aromatic rings. The van der Waals surface area contributed by atoms with E-state index in [4.69, 9.17) is 0 Å². The van der Waals surface area contributed by atoms with E-state index in [1.165, 1.54) is 0 Å². The summed E-state index contributed by atoms with van der Waals surface area (Å²) in [5.41, 5.74) is 0.876. The molecule has 62 valence electrons. The summed E-state index contributed by atoms with van der Waals surface area (Å²) in [6.07, 6.45) is 1.83. The fraction of sp³-hybridized carbons (Fsp3) is 0.571. The molecule has 0 aromatic carbocycles. The summed E-state index contributed by atoms with van der Waals surface area (Å²) in [6, 6.07) is 0. The summed E-state index contributed by atoms with van der Waals surface area (Å²) in [5.74, 6) is 0. The van der Waals surface area contributed by atoms with E-state index in [9.17, 15) is 4.57 Å². The van der Waals surface area contributed by atoms with Crippen molar-refractivity contribution >= 4 is 12.4 Å². The molecule has 1 heterocycles. The van der Waals surface area contributed by atoms with Crippen LogP contribution in [-0.4, -0.2) is 23.1 Å². The largest absolute Gasteiger partial charge is 0.319 e. The maximum Gasteiger partial charge on any atom is 0.113 e. The van der Waals surface area contributed by atoms with Gasteiger partial charge in [-0.25, -0.2) is 0 Å². The first-order chi connectivity index (χ1) is 4.91. The topological polar surface area (TPSA) is 34.9 Å². The predicted molar refractivity (Wildman–Crippen MR) is 47.0 cm³/mol. The van der Waals surface area contributed by atoms with Gasteiger partial charge in [0, 0.05) is 13.2 Å². The molecule has 4 heteroatoms. The molecular weight excluding hydrogens is 159 g/mol. The van der Waals surface area contributed by atoms with Crippen LogP contribution in [0.25, 0.3) is 0 Å². The first-order valence-corrected chi connectivity index (χ1v) is 6.07. The molecule has 0 N–H and O–H groups in total. The highest BCUT2D eigenvalue weighted by Crippen LogP contribution is 2.35. The van der Waals surface area contributed by atoms with Crippen molar-refractivity contribution in [2.45, 2.75) is 6.92 Å². The number of aryl methyl sites for hydroxylation is 2. The standard InChI is InChI=1S/C7H13N2OP/c1-6-7(11(3,4)10)5-9(2)8-6/h5H,1-4H3. The van der Waals surface area contributed by atoms with Gasteiger partial charge in [0.2, 0.25) is 0 Å². The Morgan fingerprint density at radius 1 is 1.55 bits per heavy atom. The van der Waals surface area contributed by atoms with Gasteiger partial charge in [0.15, 0.2) is 0 Å². The molecule has 1 aromatic heterocycles. The minimum atomic E-state index is -2.12. The third-order valence-electron chi connectivity index (χ3n) is 1.57. The second-order valence-electron chi connectivity index (χ2n) is 3.12. The Kier molecular flexibility index (Phi) is 1.93. The van der Waals surface area contributed by atoms with Crippen molar-refractivity contribution < 1.29 is 4.57 Å². The second-order valence-corrected chi connectivity index (χ2v) is 6.31. The zero-order chi connectivity index (χ0) is 8.65. The van der Waals surface area contributed by atoms with Gasteiger partial charge >= 0.3 is 0 Å². The van der Waals surface area contributed by atoms with Gasteiger partial charge in [-0.05, 0) is 20.3 Å². The monoisotopic (exact) mass is 172 g/mol. The van der Waals surface area contributed by atoms with Crippen LogP contribution >= 0.6 is 7.14 Å². The van der Waals surface area contributed by atoms with Crippen LogP contribution in [0.2, 0.25) is 0 Å². The van der Waals surface area contributed by atoms with E-state index >= 15 is 0 Å². The average Bonchev–Trinajstić information content (AvgIpc) is 2.08. The van der Waals surface area contributed by atoms with Crippen molar-refractivity contribution in [2.24, 2.45) is 7.05 Å². The van der Waals surface area contributed by atoms with Crippen molar-refractivity contribution in [2.75, 3.05) is 13.3 Å². The maximum absolute atomic E-state index is 11.6.